The highest BCUT2D eigenvalue weighted by Crippen LogP contribution is 2.32. The van der Waals surface area contributed by atoms with Crippen molar-refractivity contribution in [2.24, 2.45) is 0 Å². The van der Waals surface area contributed by atoms with E-state index in [1.807, 2.05) is 12.1 Å². The quantitative estimate of drug-likeness (QED) is 0.802. The van der Waals surface area contributed by atoms with Crippen molar-refractivity contribution < 1.29 is 17.9 Å². The molecule has 2 N–H and O–H groups in total. The Morgan fingerprint density at radius 3 is 2.90 bits per heavy atom. The average molecular weight is 316 g/mol. The normalized spacial score (nSPS) is 17.6. The van der Waals surface area contributed by atoms with Crippen LogP contribution in [-0.4, -0.2) is 33.1 Å². The summed E-state index contributed by atoms with van der Waals surface area (Å²) >= 11 is 4.81. The number of thiocarbonyl (C=S) groups is 1. The summed E-state index contributed by atoms with van der Waals surface area (Å²) in [6, 6.07) is 5.39. The molecule has 1 heterocycles. The molecule has 0 spiro atoms. The van der Waals surface area contributed by atoms with Crippen molar-refractivity contribution in [3.05, 3.63) is 23.8 Å². The molecule has 1 aliphatic heterocycles. The van der Waals surface area contributed by atoms with Gasteiger partial charge in [-0.05, 0) is 30.3 Å². The molecule has 1 aromatic carbocycles. The van der Waals surface area contributed by atoms with Crippen LogP contribution in [-0.2, 0) is 16.4 Å². The van der Waals surface area contributed by atoms with Gasteiger partial charge in [-0.1, -0.05) is 6.07 Å². The molecule has 6 nitrogen and oxygen atoms in total. The lowest BCUT2D eigenvalue weighted by molar-refractivity contribution is 0.240. The third kappa shape index (κ3) is 3.13. The van der Waals surface area contributed by atoms with Crippen molar-refractivity contribution >= 4 is 27.4 Å². The molecule has 0 radical (unpaired) electrons. The van der Waals surface area contributed by atoms with Gasteiger partial charge in [-0.3, -0.25) is 4.72 Å². The van der Waals surface area contributed by atoms with Crippen LogP contribution in [0.3, 0.4) is 0 Å². The minimum Gasteiger partial charge on any atom is -0.497 e. The third-order valence-electron chi connectivity index (χ3n) is 2.99. The van der Waals surface area contributed by atoms with Crippen molar-refractivity contribution in [1.29, 1.82) is 0 Å². The van der Waals surface area contributed by atoms with E-state index < -0.39 is 15.5 Å². The summed E-state index contributed by atoms with van der Waals surface area (Å²) in [5.74, 6) is 1.15. The first-order chi connectivity index (χ1) is 9.46. The average Bonchev–Trinajstić information content (AvgIpc) is 2.45. The standard InChI is InChI=1S/C12H16N2O4S2/c1-13-12(19)14-20(15,16)11-6-4-8-3-5-9(17-2)7-10(8)18-11/h3,5,7,11H,4,6H2,1-2H3,(H2,13,14,19). The van der Waals surface area contributed by atoms with Crippen molar-refractivity contribution in [1.82, 2.24) is 10.0 Å². The fourth-order valence-corrected chi connectivity index (χ4v) is 3.42. The number of aryl methyl sites for hydroxylation is 1. The van der Waals surface area contributed by atoms with E-state index in [0.29, 0.717) is 24.3 Å². The molecule has 20 heavy (non-hydrogen) atoms. The number of hydrogen-bond acceptors (Lipinski definition) is 5. The number of fused-ring (bicyclic) bond motifs is 1. The Balaban J connectivity index is 2.19. The second-order valence-corrected chi connectivity index (χ2v) is 6.51. The maximum atomic E-state index is 12.1. The summed E-state index contributed by atoms with van der Waals surface area (Å²) in [7, 11) is -0.578. The van der Waals surface area contributed by atoms with Gasteiger partial charge in [-0.15, -0.1) is 0 Å². The van der Waals surface area contributed by atoms with Crippen LogP contribution in [0.2, 0.25) is 0 Å². The molecule has 0 aliphatic carbocycles. The van der Waals surface area contributed by atoms with E-state index in [9.17, 15) is 8.42 Å². The largest absolute Gasteiger partial charge is 0.497 e. The lowest BCUT2D eigenvalue weighted by atomic mass is 10.1. The van der Waals surface area contributed by atoms with E-state index >= 15 is 0 Å². The Kier molecular flexibility index (Phi) is 4.34. The first-order valence-electron chi connectivity index (χ1n) is 6.03. The zero-order valence-electron chi connectivity index (χ0n) is 11.2. The minimum atomic E-state index is -3.67. The lowest BCUT2D eigenvalue weighted by Gasteiger charge is -2.26. The van der Waals surface area contributed by atoms with E-state index in [1.165, 1.54) is 0 Å². The monoisotopic (exact) mass is 316 g/mol. The van der Waals surface area contributed by atoms with Gasteiger partial charge in [0.15, 0.2) is 5.11 Å². The van der Waals surface area contributed by atoms with Crippen LogP contribution in [0, 0.1) is 0 Å². The Labute approximate surface area is 123 Å². The lowest BCUT2D eigenvalue weighted by Crippen LogP contribution is -2.45. The molecule has 0 bridgehead atoms. The fraction of sp³-hybridized carbons (Fsp3) is 0.417. The number of sulfonamides is 1. The SMILES string of the molecule is CNC(=S)NS(=O)(=O)C1CCc2ccc(OC)cc2O1. The highest BCUT2D eigenvalue weighted by Gasteiger charge is 2.32. The van der Waals surface area contributed by atoms with Crippen LogP contribution in [0.15, 0.2) is 18.2 Å². The van der Waals surface area contributed by atoms with E-state index in [1.54, 1.807) is 20.2 Å². The topological polar surface area (TPSA) is 76.7 Å². The zero-order chi connectivity index (χ0) is 14.8. The molecule has 0 saturated carbocycles. The van der Waals surface area contributed by atoms with Crippen molar-refractivity contribution in [2.45, 2.75) is 18.3 Å². The Morgan fingerprint density at radius 2 is 2.25 bits per heavy atom. The van der Waals surface area contributed by atoms with Gasteiger partial charge in [0.25, 0.3) is 10.0 Å². The van der Waals surface area contributed by atoms with Gasteiger partial charge in [0.1, 0.15) is 11.5 Å². The number of hydrogen-bond donors (Lipinski definition) is 2. The molecular weight excluding hydrogens is 300 g/mol. The van der Waals surface area contributed by atoms with Crippen LogP contribution >= 0.6 is 12.2 Å². The molecule has 0 aromatic heterocycles. The summed E-state index contributed by atoms with van der Waals surface area (Å²) in [4.78, 5) is 0. The van der Waals surface area contributed by atoms with Crippen molar-refractivity contribution in [2.75, 3.05) is 14.2 Å². The maximum absolute atomic E-state index is 12.1. The van der Waals surface area contributed by atoms with Gasteiger partial charge in [-0.25, -0.2) is 8.42 Å². The van der Waals surface area contributed by atoms with Crippen molar-refractivity contribution in [3.8, 4) is 11.5 Å². The van der Waals surface area contributed by atoms with Gasteiger partial charge in [0.2, 0.25) is 5.44 Å². The smallest absolute Gasteiger partial charge is 0.272 e. The van der Waals surface area contributed by atoms with Crippen LogP contribution in [0.4, 0.5) is 0 Å². The van der Waals surface area contributed by atoms with E-state index in [4.69, 9.17) is 21.7 Å². The predicted octanol–water partition coefficient (Wildman–Crippen LogP) is 0.770. The van der Waals surface area contributed by atoms with Crippen LogP contribution < -0.4 is 19.5 Å². The van der Waals surface area contributed by atoms with Gasteiger partial charge >= 0.3 is 0 Å². The molecule has 1 atom stereocenters. The number of nitrogens with one attached hydrogen (secondary N) is 2. The fourth-order valence-electron chi connectivity index (χ4n) is 1.92. The Hall–Kier alpha value is -1.54. The Morgan fingerprint density at radius 1 is 1.50 bits per heavy atom. The van der Waals surface area contributed by atoms with Gasteiger partial charge in [0.05, 0.1) is 7.11 Å². The number of ether oxygens (including phenoxy) is 2. The first kappa shape index (κ1) is 14.9. The van der Waals surface area contributed by atoms with Gasteiger partial charge in [0, 0.05) is 19.5 Å². The first-order valence-corrected chi connectivity index (χ1v) is 7.98. The van der Waals surface area contributed by atoms with E-state index in [0.717, 1.165) is 5.56 Å². The number of methoxy groups -OCH3 is 1. The summed E-state index contributed by atoms with van der Waals surface area (Å²) in [6.45, 7) is 0. The van der Waals surface area contributed by atoms with Gasteiger partial charge < -0.3 is 14.8 Å². The summed E-state index contributed by atoms with van der Waals surface area (Å²) in [5.41, 5.74) is 0.00171. The van der Waals surface area contributed by atoms with Crippen LogP contribution in [0.5, 0.6) is 11.5 Å². The molecule has 1 unspecified atom stereocenters. The van der Waals surface area contributed by atoms with Crippen LogP contribution in [0.25, 0.3) is 0 Å². The van der Waals surface area contributed by atoms with Crippen molar-refractivity contribution in [3.63, 3.8) is 0 Å². The van der Waals surface area contributed by atoms with Crippen LogP contribution in [0.1, 0.15) is 12.0 Å². The summed E-state index contributed by atoms with van der Waals surface area (Å²) in [6.07, 6.45) is 0.998. The molecule has 0 saturated heterocycles. The highest BCUT2D eigenvalue weighted by molar-refractivity contribution is 7.92. The second kappa shape index (κ2) is 5.84. The molecular formula is C12H16N2O4S2. The molecule has 0 fully saturated rings. The predicted molar refractivity (Wildman–Crippen MR) is 79.4 cm³/mol. The summed E-state index contributed by atoms with van der Waals surface area (Å²) in [5, 5.41) is 2.61. The Bertz CT molecular complexity index is 616. The number of benzene rings is 1. The molecule has 110 valence electrons. The minimum absolute atomic E-state index is 0.0463. The molecule has 0 amide bonds. The van der Waals surface area contributed by atoms with E-state index in [2.05, 4.69) is 10.0 Å². The number of rotatable bonds is 3. The third-order valence-corrected chi connectivity index (χ3v) is 4.94. The molecule has 2 rings (SSSR count). The highest BCUT2D eigenvalue weighted by atomic mass is 32.2. The molecule has 8 heteroatoms. The van der Waals surface area contributed by atoms with E-state index in [-0.39, 0.29) is 5.11 Å². The zero-order valence-corrected chi connectivity index (χ0v) is 12.8. The van der Waals surface area contributed by atoms with Gasteiger partial charge in [-0.2, -0.15) is 0 Å². The molecule has 1 aliphatic rings. The molecule has 1 aromatic rings. The maximum Gasteiger partial charge on any atom is 0.272 e. The summed E-state index contributed by atoms with van der Waals surface area (Å²) < 4.78 is 37.2. The second-order valence-electron chi connectivity index (χ2n) is 4.29.